The van der Waals surface area contributed by atoms with Crippen LogP contribution in [-0.4, -0.2) is 19.9 Å². The Hall–Kier alpha value is -3.54. The lowest BCUT2D eigenvalue weighted by Gasteiger charge is -1.97. The molecule has 0 aliphatic heterocycles. The number of phenols is 1. The third-order valence-electron chi connectivity index (χ3n) is 2.72. The van der Waals surface area contributed by atoms with Crippen molar-refractivity contribution in [3.63, 3.8) is 0 Å². The van der Waals surface area contributed by atoms with Crippen molar-refractivity contribution in [2.75, 3.05) is 0 Å². The van der Waals surface area contributed by atoms with Gasteiger partial charge in [-0.05, 0) is 6.92 Å². The Kier molecular flexibility index (Phi) is 6.11. The zero-order valence-corrected chi connectivity index (χ0v) is 13.1. The minimum atomic E-state index is -1.21. The van der Waals surface area contributed by atoms with Gasteiger partial charge in [0.2, 0.25) is 0 Å². The lowest BCUT2D eigenvalue weighted by molar-refractivity contribution is -0.605. The van der Waals surface area contributed by atoms with Gasteiger partial charge in [-0.25, -0.2) is 0 Å². The summed E-state index contributed by atoms with van der Waals surface area (Å²) in [5, 5.41) is 51.3. The molecule has 1 aromatic carbocycles. The van der Waals surface area contributed by atoms with E-state index in [-0.39, 0.29) is 0 Å². The number of aromatic nitrogens is 1. The first-order chi connectivity index (χ1) is 11.5. The number of halogens is 1. The molecular formula is C12H9ClN4O8. The Morgan fingerprint density at radius 2 is 1.52 bits per heavy atom. The molecular weight excluding hydrogens is 364 g/mol. The van der Waals surface area contributed by atoms with Gasteiger partial charge < -0.3 is 10.3 Å². The number of phenolic OH excluding ortho intramolecular Hbond substituents is 1. The van der Waals surface area contributed by atoms with E-state index >= 15 is 0 Å². The fourth-order valence-electron chi connectivity index (χ4n) is 1.54. The van der Waals surface area contributed by atoms with Gasteiger partial charge in [0.25, 0.3) is 11.4 Å². The summed E-state index contributed by atoms with van der Waals surface area (Å²) < 4.78 is 0.723. The highest BCUT2D eigenvalue weighted by molar-refractivity contribution is 6.31. The molecule has 0 fully saturated rings. The van der Waals surface area contributed by atoms with Crippen LogP contribution in [-0.2, 0) is 0 Å². The fraction of sp³-hybridized carbons (Fsp3) is 0.0833. The van der Waals surface area contributed by atoms with Gasteiger partial charge in [-0.3, -0.25) is 30.3 Å². The van der Waals surface area contributed by atoms with Crippen molar-refractivity contribution in [2.24, 2.45) is 0 Å². The minimum absolute atomic E-state index is 0.447. The van der Waals surface area contributed by atoms with Crippen LogP contribution in [0.1, 0.15) is 5.56 Å². The van der Waals surface area contributed by atoms with Gasteiger partial charge in [-0.15, -0.1) is 0 Å². The number of nitrogens with zero attached hydrogens (tertiary/aromatic N) is 4. The molecule has 132 valence electrons. The van der Waals surface area contributed by atoms with Crippen molar-refractivity contribution in [3.05, 3.63) is 76.7 Å². The Balaban J connectivity index is 0.000000293. The third-order valence-corrected chi connectivity index (χ3v) is 3.15. The average molecular weight is 373 g/mol. The van der Waals surface area contributed by atoms with E-state index in [1.165, 1.54) is 12.4 Å². The Labute approximate surface area is 143 Å². The molecule has 0 bridgehead atoms. The summed E-state index contributed by atoms with van der Waals surface area (Å²) in [7, 11) is 0. The number of hydrogen-bond donors (Lipinski definition) is 1. The number of benzene rings is 1. The maximum atomic E-state index is 10.5. The van der Waals surface area contributed by atoms with E-state index < -0.39 is 37.6 Å². The monoisotopic (exact) mass is 372 g/mol. The van der Waals surface area contributed by atoms with Crippen LogP contribution in [0.4, 0.5) is 17.1 Å². The first-order valence-electron chi connectivity index (χ1n) is 6.19. The van der Waals surface area contributed by atoms with Crippen LogP contribution in [0.5, 0.6) is 5.75 Å². The molecule has 0 aliphatic rings. The predicted molar refractivity (Wildman–Crippen MR) is 83.2 cm³/mol. The molecule has 0 spiro atoms. The zero-order chi connectivity index (χ0) is 19.3. The topological polar surface area (TPSA) is 177 Å². The summed E-state index contributed by atoms with van der Waals surface area (Å²) in [6, 6.07) is 2.47. The maximum absolute atomic E-state index is 10.5. The summed E-state index contributed by atoms with van der Waals surface area (Å²) in [6.07, 6.45) is 2.80. The van der Waals surface area contributed by atoms with E-state index in [1.54, 1.807) is 13.0 Å². The molecule has 1 heterocycles. The molecule has 12 nitrogen and oxygen atoms in total. The molecule has 0 saturated heterocycles. The van der Waals surface area contributed by atoms with E-state index in [0.29, 0.717) is 17.2 Å². The third kappa shape index (κ3) is 4.97. The van der Waals surface area contributed by atoms with E-state index in [4.69, 9.17) is 16.7 Å². The Morgan fingerprint density at radius 1 is 1.04 bits per heavy atom. The van der Waals surface area contributed by atoms with Crippen LogP contribution in [0, 0.1) is 42.5 Å². The van der Waals surface area contributed by atoms with Crippen molar-refractivity contribution in [1.29, 1.82) is 0 Å². The van der Waals surface area contributed by atoms with Crippen molar-refractivity contribution in [3.8, 4) is 5.75 Å². The predicted octanol–water partition coefficient (Wildman–Crippen LogP) is 2.40. The molecule has 0 aliphatic carbocycles. The molecule has 13 heteroatoms. The second kappa shape index (κ2) is 7.83. The highest BCUT2D eigenvalue weighted by atomic mass is 35.5. The lowest BCUT2D eigenvalue weighted by atomic mass is 10.2. The first-order valence-corrected chi connectivity index (χ1v) is 6.57. The van der Waals surface area contributed by atoms with Gasteiger partial charge in [0, 0.05) is 11.6 Å². The van der Waals surface area contributed by atoms with Gasteiger partial charge in [0.15, 0.2) is 12.4 Å². The summed E-state index contributed by atoms with van der Waals surface area (Å²) in [4.78, 5) is 27.8. The van der Waals surface area contributed by atoms with Crippen LogP contribution in [0.2, 0.25) is 5.02 Å². The molecule has 0 radical (unpaired) electrons. The van der Waals surface area contributed by atoms with Crippen molar-refractivity contribution >= 4 is 28.7 Å². The molecule has 1 N–H and O–H groups in total. The molecule has 25 heavy (non-hydrogen) atoms. The standard InChI is InChI=1S/C6H6ClNO.C6H3N3O7/c1-5-4-8(9)3-2-6(5)7;10-6-4(8(13)14)1-3(7(11)12)2-5(6)9(15)16/h2-4H,1H3;1-2,10H. The van der Waals surface area contributed by atoms with E-state index in [2.05, 4.69) is 0 Å². The summed E-state index contributed by atoms with van der Waals surface area (Å²) in [6.45, 7) is 1.79. The SMILES string of the molecule is Cc1c[n+]([O-])ccc1Cl.O=[N+]([O-])c1cc([N+](=O)[O-])c(O)c([N+](=O)[O-])c1. The normalized spacial score (nSPS) is 9.68. The Bertz CT molecular complexity index is 822. The minimum Gasteiger partial charge on any atom is -0.619 e. The van der Waals surface area contributed by atoms with Gasteiger partial charge in [-0.2, -0.15) is 4.73 Å². The van der Waals surface area contributed by atoms with Crippen molar-refractivity contribution < 1.29 is 24.6 Å². The van der Waals surface area contributed by atoms with Gasteiger partial charge >= 0.3 is 11.4 Å². The highest BCUT2D eigenvalue weighted by Crippen LogP contribution is 2.38. The largest absolute Gasteiger partial charge is 0.619 e. The molecule has 0 amide bonds. The van der Waals surface area contributed by atoms with Crippen molar-refractivity contribution in [2.45, 2.75) is 6.92 Å². The average Bonchev–Trinajstić information content (AvgIpc) is 2.51. The van der Waals surface area contributed by atoms with E-state index in [1.807, 2.05) is 0 Å². The van der Waals surface area contributed by atoms with Gasteiger partial charge in [0.05, 0.1) is 31.9 Å². The molecule has 2 aromatic rings. The van der Waals surface area contributed by atoms with Crippen molar-refractivity contribution in [1.82, 2.24) is 0 Å². The number of aromatic hydroxyl groups is 1. The van der Waals surface area contributed by atoms with Crippen LogP contribution < -0.4 is 4.73 Å². The van der Waals surface area contributed by atoms with Crippen LogP contribution >= 0.6 is 11.6 Å². The first kappa shape index (κ1) is 19.5. The lowest BCUT2D eigenvalue weighted by Crippen LogP contribution is -2.24. The molecule has 0 atom stereocenters. The number of rotatable bonds is 3. The summed E-state index contributed by atoms with van der Waals surface area (Å²) >= 11 is 5.63. The second-order valence-corrected chi connectivity index (χ2v) is 4.85. The number of nitro benzene ring substituents is 3. The maximum Gasteiger partial charge on any atom is 0.324 e. The quantitative estimate of drug-likeness (QED) is 0.369. The Morgan fingerprint density at radius 3 is 1.84 bits per heavy atom. The van der Waals surface area contributed by atoms with Gasteiger partial charge in [0.1, 0.15) is 0 Å². The number of non-ortho nitro benzene ring substituents is 1. The smallest absolute Gasteiger partial charge is 0.324 e. The van der Waals surface area contributed by atoms with E-state index in [0.717, 1.165) is 10.3 Å². The second-order valence-electron chi connectivity index (χ2n) is 4.44. The number of hydrogen-bond acceptors (Lipinski definition) is 8. The van der Waals surface area contributed by atoms with Gasteiger partial charge in [-0.1, -0.05) is 11.6 Å². The molecule has 0 unspecified atom stereocenters. The van der Waals surface area contributed by atoms with Crippen LogP contribution in [0.3, 0.4) is 0 Å². The summed E-state index contributed by atoms with van der Waals surface area (Å²) in [5.74, 6) is -1.21. The molecule has 2 rings (SSSR count). The van der Waals surface area contributed by atoms with Crippen LogP contribution in [0.15, 0.2) is 30.6 Å². The fourth-order valence-corrected chi connectivity index (χ4v) is 1.64. The van der Waals surface area contributed by atoms with E-state index in [9.17, 15) is 35.6 Å². The summed E-state index contributed by atoms with van der Waals surface area (Å²) in [5.41, 5.74) is -2.20. The number of pyridine rings is 1. The highest BCUT2D eigenvalue weighted by Gasteiger charge is 2.30. The zero-order valence-electron chi connectivity index (χ0n) is 12.4. The molecule has 1 aromatic heterocycles. The number of aryl methyl sites for hydroxylation is 1. The molecule has 0 saturated carbocycles. The van der Waals surface area contributed by atoms with Crippen LogP contribution in [0.25, 0.3) is 0 Å². The number of nitro groups is 3.